The second kappa shape index (κ2) is 8.80. The molecule has 2 aromatic rings. The van der Waals surface area contributed by atoms with Gasteiger partial charge in [0.25, 0.3) is 0 Å². The molecule has 0 saturated carbocycles. The van der Waals surface area contributed by atoms with E-state index in [2.05, 4.69) is 4.98 Å². The summed E-state index contributed by atoms with van der Waals surface area (Å²) in [4.78, 5) is 30.3. The number of piperidine rings is 1. The van der Waals surface area contributed by atoms with Crippen LogP contribution in [-0.4, -0.2) is 52.3 Å². The van der Waals surface area contributed by atoms with Gasteiger partial charge in [-0.1, -0.05) is 29.4 Å². The first-order valence-corrected chi connectivity index (χ1v) is 10.1. The van der Waals surface area contributed by atoms with E-state index in [9.17, 15) is 9.59 Å². The number of amides is 1. The van der Waals surface area contributed by atoms with Crippen LogP contribution in [0, 0.1) is 12.8 Å². The van der Waals surface area contributed by atoms with E-state index < -0.39 is 0 Å². The van der Waals surface area contributed by atoms with E-state index in [0.717, 1.165) is 16.4 Å². The normalized spacial score (nSPS) is 15.0. The Hall–Kier alpha value is -1.99. The van der Waals surface area contributed by atoms with Crippen molar-refractivity contribution < 1.29 is 14.3 Å². The average molecular weight is 408 g/mol. The molecule has 27 heavy (non-hydrogen) atoms. The van der Waals surface area contributed by atoms with E-state index >= 15 is 0 Å². The van der Waals surface area contributed by atoms with Gasteiger partial charge in [-0.15, -0.1) is 0 Å². The van der Waals surface area contributed by atoms with Crippen LogP contribution in [0.1, 0.15) is 18.4 Å². The van der Waals surface area contributed by atoms with Gasteiger partial charge in [-0.25, -0.2) is 4.98 Å². The first-order valence-electron chi connectivity index (χ1n) is 8.78. The van der Waals surface area contributed by atoms with Crippen molar-refractivity contribution in [1.82, 2.24) is 14.5 Å². The van der Waals surface area contributed by atoms with Crippen LogP contribution >= 0.6 is 23.4 Å². The molecule has 0 atom stereocenters. The molecule has 1 saturated heterocycles. The molecule has 8 heteroatoms. The Morgan fingerprint density at radius 1 is 1.33 bits per heavy atom. The standard InChI is InChI=1S/C19H22ClN3O3S/c1-13-15(20)4-3-5-16(13)23-11-8-21-19(23)27-12-17(24)22-9-6-14(7-10-22)18(25)26-2/h3-5,8,11,14H,6-7,9-10,12H2,1-2H3. The lowest BCUT2D eigenvalue weighted by molar-refractivity contribution is -0.148. The van der Waals surface area contributed by atoms with Gasteiger partial charge in [0.2, 0.25) is 5.91 Å². The molecule has 3 rings (SSSR count). The summed E-state index contributed by atoms with van der Waals surface area (Å²) >= 11 is 7.62. The van der Waals surface area contributed by atoms with Gasteiger partial charge in [0, 0.05) is 30.5 Å². The first-order chi connectivity index (χ1) is 13.0. The molecule has 1 aliphatic rings. The maximum absolute atomic E-state index is 12.5. The van der Waals surface area contributed by atoms with Crippen LogP contribution in [0.15, 0.2) is 35.7 Å². The highest BCUT2D eigenvalue weighted by Gasteiger charge is 2.28. The summed E-state index contributed by atoms with van der Waals surface area (Å²) in [7, 11) is 1.40. The minimum Gasteiger partial charge on any atom is -0.469 e. The van der Waals surface area contributed by atoms with Crippen LogP contribution in [0.3, 0.4) is 0 Å². The monoisotopic (exact) mass is 407 g/mol. The Morgan fingerprint density at radius 2 is 2.07 bits per heavy atom. The fraction of sp³-hybridized carbons (Fsp3) is 0.421. The highest BCUT2D eigenvalue weighted by atomic mass is 35.5. The minimum absolute atomic E-state index is 0.0562. The van der Waals surface area contributed by atoms with Crippen LogP contribution in [-0.2, 0) is 14.3 Å². The third-order valence-corrected chi connectivity index (χ3v) is 6.17. The summed E-state index contributed by atoms with van der Waals surface area (Å²) < 4.78 is 6.74. The number of carbonyl (C=O) groups is 2. The number of imidazole rings is 1. The van der Waals surface area contributed by atoms with Crippen LogP contribution in [0.4, 0.5) is 0 Å². The number of esters is 1. The number of hydrogen-bond donors (Lipinski definition) is 0. The number of aromatic nitrogens is 2. The number of hydrogen-bond acceptors (Lipinski definition) is 5. The van der Waals surface area contributed by atoms with Crippen molar-refractivity contribution in [3.63, 3.8) is 0 Å². The van der Waals surface area contributed by atoms with E-state index in [-0.39, 0.29) is 17.8 Å². The summed E-state index contributed by atoms with van der Waals surface area (Å²) in [5.74, 6) is 0.0759. The molecular weight excluding hydrogens is 386 g/mol. The highest BCUT2D eigenvalue weighted by molar-refractivity contribution is 7.99. The summed E-state index contributed by atoms with van der Waals surface area (Å²) in [6, 6.07) is 5.73. The lowest BCUT2D eigenvalue weighted by Gasteiger charge is -2.30. The smallest absolute Gasteiger partial charge is 0.308 e. The molecule has 0 bridgehead atoms. The molecule has 1 fully saturated rings. The van der Waals surface area contributed by atoms with Crippen molar-refractivity contribution in [2.45, 2.75) is 24.9 Å². The number of nitrogens with zero attached hydrogens (tertiary/aromatic N) is 3. The maximum atomic E-state index is 12.5. The highest BCUT2D eigenvalue weighted by Crippen LogP contribution is 2.27. The number of methoxy groups -OCH3 is 1. The van der Waals surface area contributed by atoms with E-state index in [1.54, 1.807) is 6.20 Å². The zero-order valence-electron chi connectivity index (χ0n) is 15.4. The molecule has 144 valence electrons. The Kier molecular flexibility index (Phi) is 6.44. The topological polar surface area (TPSA) is 64.4 Å². The molecular formula is C19H22ClN3O3S. The molecule has 0 aliphatic carbocycles. The molecule has 0 N–H and O–H groups in total. The lowest BCUT2D eigenvalue weighted by atomic mass is 9.97. The van der Waals surface area contributed by atoms with Crippen LogP contribution < -0.4 is 0 Å². The molecule has 1 amide bonds. The first kappa shape index (κ1) is 19.8. The second-order valence-corrected chi connectivity index (χ2v) is 7.78. The molecule has 1 aromatic carbocycles. The van der Waals surface area contributed by atoms with Crippen molar-refractivity contribution in [1.29, 1.82) is 0 Å². The second-order valence-electron chi connectivity index (χ2n) is 6.43. The van der Waals surface area contributed by atoms with E-state index in [1.165, 1.54) is 18.9 Å². The van der Waals surface area contributed by atoms with E-state index in [4.69, 9.17) is 16.3 Å². The number of benzene rings is 1. The van der Waals surface area contributed by atoms with Crippen LogP contribution in [0.5, 0.6) is 0 Å². The third kappa shape index (κ3) is 4.47. The molecule has 0 radical (unpaired) electrons. The molecule has 6 nitrogen and oxygen atoms in total. The van der Waals surface area contributed by atoms with Crippen molar-refractivity contribution in [3.8, 4) is 5.69 Å². The number of halogens is 1. The van der Waals surface area contributed by atoms with Gasteiger partial charge >= 0.3 is 5.97 Å². The van der Waals surface area contributed by atoms with Gasteiger partial charge in [-0.3, -0.25) is 14.2 Å². The number of likely N-dealkylation sites (tertiary alicyclic amines) is 1. The summed E-state index contributed by atoms with van der Waals surface area (Å²) in [6.45, 7) is 3.13. The van der Waals surface area contributed by atoms with Crippen LogP contribution in [0.25, 0.3) is 5.69 Å². The quantitative estimate of drug-likeness (QED) is 0.561. The maximum Gasteiger partial charge on any atom is 0.308 e. The van der Waals surface area contributed by atoms with Gasteiger partial charge < -0.3 is 9.64 Å². The van der Waals surface area contributed by atoms with Gasteiger partial charge in [0.1, 0.15) is 0 Å². The molecule has 1 aliphatic heterocycles. The van der Waals surface area contributed by atoms with E-state index in [0.29, 0.717) is 36.7 Å². The Balaban J connectivity index is 1.60. The Labute approximate surface area is 167 Å². The molecule has 0 spiro atoms. The Bertz CT molecular complexity index is 831. The van der Waals surface area contributed by atoms with Gasteiger partial charge in [-0.05, 0) is 37.5 Å². The predicted molar refractivity (Wildman–Crippen MR) is 105 cm³/mol. The van der Waals surface area contributed by atoms with Crippen molar-refractivity contribution >= 4 is 35.2 Å². The number of carbonyl (C=O) groups excluding carboxylic acids is 2. The minimum atomic E-state index is -0.185. The fourth-order valence-corrected chi connectivity index (χ4v) is 4.22. The summed E-state index contributed by atoms with van der Waals surface area (Å²) in [6.07, 6.45) is 4.89. The third-order valence-electron chi connectivity index (χ3n) is 4.81. The molecule has 0 unspecified atom stereocenters. The van der Waals surface area contributed by atoms with E-state index in [1.807, 2.05) is 40.8 Å². The van der Waals surface area contributed by atoms with Crippen molar-refractivity contribution in [2.24, 2.45) is 5.92 Å². The number of thioether (sulfide) groups is 1. The predicted octanol–water partition coefficient (Wildman–Crippen LogP) is 3.34. The largest absolute Gasteiger partial charge is 0.469 e. The number of ether oxygens (including phenoxy) is 1. The van der Waals surface area contributed by atoms with Crippen molar-refractivity contribution in [3.05, 3.63) is 41.2 Å². The fourth-order valence-electron chi connectivity index (χ4n) is 3.19. The zero-order valence-corrected chi connectivity index (χ0v) is 16.9. The lowest BCUT2D eigenvalue weighted by Crippen LogP contribution is -2.41. The van der Waals surface area contributed by atoms with Crippen LogP contribution in [0.2, 0.25) is 5.02 Å². The summed E-state index contributed by atoms with van der Waals surface area (Å²) in [5.41, 5.74) is 1.92. The van der Waals surface area contributed by atoms with Crippen molar-refractivity contribution in [2.75, 3.05) is 26.0 Å². The molecule has 1 aromatic heterocycles. The summed E-state index contributed by atoms with van der Waals surface area (Å²) in [5, 5.41) is 1.44. The SMILES string of the molecule is COC(=O)C1CCN(C(=O)CSc2nccn2-c2cccc(Cl)c2C)CC1. The van der Waals surface area contributed by atoms with Gasteiger partial charge in [0.05, 0.1) is 24.5 Å². The van der Waals surface area contributed by atoms with Gasteiger partial charge in [0.15, 0.2) is 5.16 Å². The zero-order chi connectivity index (χ0) is 19.4. The molecule has 2 heterocycles. The Morgan fingerprint density at radius 3 is 2.78 bits per heavy atom. The average Bonchev–Trinajstić information content (AvgIpc) is 3.16. The number of rotatable bonds is 5. The van der Waals surface area contributed by atoms with Gasteiger partial charge in [-0.2, -0.15) is 0 Å².